The Morgan fingerprint density at radius 2 is 2.22 bits per heavy atom. The van der Waals surface area contributed by atoms with Crippen molar-refractivity contribution in [3.63, 3.8) is 0 Å². The van der Waals surface area contributed by atoms with E-state index < -0.39 is 0 Å². The smallest absolute Gasteiger partial charge is 0.211 e. The number of nitrogens with one attached hydrogen (secondary N) is 1. The average Bonchev–Trinajstić information content (AvgIpc) is 2.39. The van der Waals surface area contributed by atoms with Gasteiger partial charge in [-0.2, -0.15) is 0 Å². The summed E-state index contributed by atoms with van der Waals surface area (Å²) in [7, 11) is 1.54. The molecule has 0 unspecified atom stereocenters. The molecule has 0 fully saturated rings. The van der Waals surface area contributed by atoms with Crippen LogP contribution in [0.25, 0.3) is 11.1 Å². The maximum Gasteiger partial charge on any atom is 0.211 e. The molecule has 0 aromatic heterocycles. The molecule has 0 bridgehead atoms. The number of amides is 1. The number of phenolic OH excluding ortho intramolecular Hbond substituents is 1. The molecule has 1 radical (unpaired) electrons. The Morgan fingerprint density at radius 3 is 2.89 bits per heavy atom. The van der Waals surface area contributed by atoms with Crippen LogP contribution in [0.5, 0.6) is 11.5 Å². The molecule has 2 aromatic carbocycles. The Balaban J connectivity index is 2.53. The van der Waals surface area contributed by atoms with Crippen molar-refractivity contribution in [1.29, 1.82) is 0 Å². The molecule has 2 rings (SSSR count). The second-order valence-corrected chi connectivity index (χ2v) is 3.64. The van der Waals surface area contributed by atoms with Crippen molar-refractivity contribution in [3.05, 3.63) is 42.5 Å². The molecule has 0 aliphatic carbocycles. The number of anilines is 1. The summed E-state index contributed by atoms with van der Waals surface area (Å²) < 4.78 is 5.15. The lowest BCUT2D eigenvalue weighted by atomic mass is 10.0. The van der Waals surface area contributed by atoms with Crippen LogP contribution in [-0.4, -0.2) is 18.6 Å². The van der Waals surface area contributed by atoms with Gasteiger partial charge in [-0.05, 0) is 29.8 Å². The molecule has 2 N–H and O–H groups in total. The standard InChI is InChI=1S/C14H12NO3/c1-18-12-7-10(6-11(8-12)15-9-16)13-4-2-3-5-14(13)17/h2-3,5-9,17H,1H3,(H,15,16). The van der Waals surface area contributed by atoms with E-state index in [1.165, 1.54) is 0 Å². The molecule has 4 nitrogen and oxygen atoms in total. The molecule has 0 atom stereocenters. The number of carbonyl (C=O) groups excluding carboxylic acids is 1. The van der Waals surface area contributed by atoms with Gasteiger partial charge in [0.1, 0.15) is 11.5 Å². The largest absolute Gasteiger partial charge is 0.507 e. The van der Waals surface area contributed by atoms with Crippen molar-refractivity contribution in [3.8, 4) is 22.6 Å². The average molecular weight is 242 g/mol. The first-order valence-electron chi connectivity index (χ1n) is 5.34. The third-order valence-electron chi connectivity index (χ3n) is 2.49. The van der Waals surface area contributed by atoms with Gasteiger partial charge < -0.3 is 15.2 Å². The first-order chi connectivity index (χ1) is 8.74. The second kappa shape index (κ2) is 5.23. The fourth-order valence-corrected chi connectivity index (χ4v) is 1.67. The minimum absolute atomic E-state index is 0.128. The van der Waals surface area contributed by atoms with Crippen LogP contribution >= 0.6 is 0 Å². The maximum absolute atomic E-state index is 10.5. The third kappa shape index (κ3) is 2.43. The number of aromatic hydroxyl groups is 1. The summed E-state index contributed by atoms with van der Waals surface area (Å²) in [5.74, 6) is 0.719. The highest BCUT2D eigenvalue weighted by molar-refractivity contribution is 5.79. The molecule has 0 spiro atoms. The number of phenols is 1. The van der Waals surface area contributed by atoms with E-state index >= 15 is 0 Å². The molecular weight excluding hydrogens is 230 g/mol. The number of hydrogen-bond acceptors (Lipinski definition) is 3. The van der Waals surface area contributed by atoms with Crippen LogP contribution in [0.15, 0.2) is 36.4 Å². The van der Waals surface area contributed by atoms with Crippen LogP contribution < -0.4 is 10.1 Å². The quantitative estimate of drug-likeness (QED) is 0.809. The van der Waals surface area contributed by atoms with E-state index in [0.29, 0.717) is 23.4 Å². The molecule has 18 heavy (non-hydrogen) atoms. The van der Waals surface area contributed by atoms with Crippen molar-refractivity contribution < 1.29 is 14.6 Å². The predicted octanol–water partition coefficient (Wildman–Crippen LogP) is 2.44. The molecule has 91 valence electrons. The Hall–Kier alpha value is -2.49. The summed E-state index contributed by atoms with van der Waals surface area (Å²) in [6, 6.07) is 13.1. The Morgan fingerprint density at radius 1 is 1.39 bits per heavy atom. The number of ether oxygens (including phenoxy) is 1. The van der Waals surface area contributed by atoms with Crippen molar-refractivity contribution >= 4 is 12.1 Å². The number of rotatable bonds is 4. The summed E-state index contributed by atoms with van der Waals surface area (Å²) in [4.78, 5) is 10.5. The minimum Gasteiger partial charge on any atom is -0.507 e. The topological polar surface area (TPSA) is 58.6 Å². The van der Waals surface area contributed by atoms with E-state index in [2.05, 4.69) is 11.4 Å². The summed E-state index contributed by atoms with van der Waals surface area (Å²) in [5, 5.41) is 12.3. The van der Waals surface area contributed by atoms with Crippen LogP contribution in [-0.2, 0) is 4.79 Å². The van der Waals surface area contributed by atoms with Crippen molar-refractivity contribution in [1.82, 2.24) is 0 Å². The zero-order chi connectivity index (χ0) is 13.0. The normalized spacial score (nSPS) is 9.83. The highest BCUT2D eigenvalue weighted by Gasteiger charge is 2.07. The van der Waals surface area contributed by atoms with E-state index in [9.17, 15) is 9.90 Å². The number of hydrogen-bond donors (Lipinski definition) is 2. The lowest BCUT2D eigenvalue weighted by molar-refractivity contribution is -0.105. The summed E-state index contributed by atoms with van der Waals surface area (Å²) in [5.41, 5.74) is 1.87. The fraction of sp³-hybridized carbons (Fsp3) is 0.0714. The maximum atomic E-state index is 10.5. The highest BCUT2D eigenvalue weighted by Crippen LogP contribution is 2.33. The van der Waals surface area contributed by atoms with Crippen molar-refractivity contribution in [2.24, 2.45) is 0 Å². The first-order valence-corrected chi connectivity index (χ1v) is 5.34. The monoisotopic (exact) mass is 242 g/mol. The Labute approximate surface area is 105 Å². The van der Waals surface area contributed by atoms with Crippen LogP contribution in [0.4, 0.5) is 5.69 Å². The molecule has 2 aromatic rings. The van der Waals surface area contributed by atoms with E-state index in [-0.39, 0.29) is 5.75 Å². The van der Waals surface area contributed by atoms with Gasteiger partial charge in [0.2, 0.25) is 6.41 Å². The predicted molar refractivity (Wildman–Crippen MR) is 68.6 cm³/mol. The van der Waals surface area contributed by atoms with Crippen LogP contribution in [0.1, 0.15) is 0 Å². The molecular formula is C14H12NO3. The number of carbonyl (C=O) groups is 1. The van der Waals surface area contributed by atoms with Gasteiger partial charge in [0, 0.05) is 17.3 Å². The molecule has 0 aliphatic heterocycles. The molecule has 0 heterocycles. The molecule has 1 amide bonds. The van der Waals surface area contributed by atoms with Crippen LogP contribution in [0.2, 0.25) is 0 Å². The van der Waals surface area contributed by atoms with Crippen LogP contribution in [0, 0.1) is 6.07 Å². The van der Waals surface area contributed by atoms with Gasteiger partial charge in [-0.3, -0.25) is 4.79 Å². The van der Waals surface area contributed by atoms with Gasteiger partial charge in [0.25, 0.3) is 0 Å². The van der Waals surface area contributed by atoms with Gasteiger partial charge in [-0.15, -0.1) is 0 Å². The first kappa shape index (κ1) is 12.0. The fourth-order valence-electron chi connectivity index (χ4n) is 1.67. The lowest BCUT2D eigenvalue weighted by Gasteiger charge is -2.09. The van der Waals surface area contributed by atoms with Gasteiger partial charge >= 0.3 is 0 Å². The van der Waals surface area contributed by atoms with E-state index in [0.717, 1.165) is 5.56 Å². The Kier molecular flexibility index (Phi) is 3.48. The van der Waals surface area contributed by atoms with Crippen LogP contribution in [0.3, 0.4) is 0 Å². The summed E-state index contributed by atoms with van der Waals surface area (Å²) in [6.45, 7) is 0. The minimum atomic E-state index is 0.128. The second-order valence-electron chi connectivity index (χ2n) is 3.64. The zero-order valence-corrected chi connectivity index (χ0v) is 9.81. The SMILES string of the molecule is COc1cc(NC=O)cc(-c2[c]cccc2O)c1. The van der Waals surface area contributed by atoms with E-state index in [4.69, 9.17) is 4.74 Å². The highest BCUT2D eigenvalue weighted by atomic mass is 16.5. The summed E-state index contributed by atoms with van der Waals surface area (Å²) in [6.07, 6.45) is 0.590. The molecule has 0 saturated heterocycles. The van der Waals surface area contributed by atoms with Crippen molar-refractivity contribution in [2.75, 3.05) is 12.4 Å². The molecule has 0 aliphatic rings. The molecule has 0 saturated carbocycles. The van der Waals surface area contributed by atoms with Gasteiger partial charge in [0.05, 0.1) is 7.11 Å². The Bertz CT molecular complexity index is 567. The lowest BCUT2D eigenvalue weighted by Crippen LogP contribution is -1.95. The van der Waals surface area contributed by atoms with Gasteiger partial charge in [-0.25, -0.2) is 0 Å². The van der Waals surface area contributed by atoms with Gasteiger partial charge in [-0.1, -0.05) is 12.1 Å². The number of methoxy groups -OCH3 is 1. The van der Waals surface area contributed by atoms with Gasteiger partial charge in [0.15, 0.2) is 0 Å². The zero-order valence-electron chi connectivity index (χ0n) is 9.81. The van der Waals surface area contributed by atoms with E-state index in [1.807, 2.05) is 0 Å². The molecule has 4 heteroatoms. The third-order valence-corrected chi connectivity index (χ3v) is 2.49. The van der Waals surface area contributed by atoms with E-state index in [1.54, 1.807) is 43.5 Å². The summed E-state index contributed by atoms with van der Waals surface area (Å²) >= 11 is 0. The van der Waals surface area contributed by atoms with Crippen molar-refractivity contribution in [2.45, 2.75) is 0 Å². The number of benzene rings is 2.